The lowest BCUT2D eigenvalue weighted by molar-refractivity contribution is 0.544. The van der Waals surface area contributed by atoms with E-state index in [-0.39, 0.29) is 11.5 Å². The number of nitrogens with one attached hydrogen (secondary N) is 1. The quantitative estimate of drug-likeness (QED) is 0.296. The van der Waals surface area contributed by atoms with E-state index in [0.717, 1.165) is 0 Å². The van der Waals surface area contributed by atoms with Gasteiger partial charge in [0, 0.05) is 0 Å². The maximum Gasteiger partial charge on any atom is 0.312 e. The summed E-state index contributed by atoms with van der Waals surface area (Å²) in [6.45, 7) is 0. The van der Waals surface area contributed by atoms with Crippen LogP contribution < -0.4 is 17.1 Å². The molecular formula is C5H6FN7. The van der Waals surface area contributed by atoms with Crippen molar-refractivity contribution in [2.45, 2.75) is 0 Å². The van der Waals surface area contributed by atoms with Gasteiger partial charge in [0.25, 0.3) is 0 Å². The lowest BCUT2D eigenvalue weighted by Crippen LogP contribution is -2.21. The number of hydrogen-bond donors (Lipinski definition) is 3. The van der Waals surface area contributed by atoms with Gasteiger partial charge < -0.3 is 5.73 Å². The number of halogens is 1. The molecule has 68 valence electrons. The highest BCUT2D eigenvalue weighted by atomic mass is 19.1. The van der Waals surface area contributed by atoms with Gasteiger partial charge in [0.15, 0.2) is 17.0 Å². The molecule has 0 aliphatic heterocycles. The summed E-state index contributed by atoms with van der Waals surface area (Å²) in [5.74, 6) is 5.09. The molecule has 0 bridgehead atoms. The van der Waals surface area contributed by atoms with Crippen molar-refractivity contribution >= 4 is 17.0 Å². The van der Waals surface area contributed by atoms with Gasteiger partial charge in [0.05, 0.1) is 0 Å². The van der Waals surface area contributed by atoms with Gasteiger partial charge in [-0.25, -0.2) is 15.5 Å². The van der Waals surface area contributed by atoms with E-state index in [4.69, 9.17) is 11.6 Å². The Morgan fingerprint density at radius 1 is 1.46 bits per heavy atom. The molecular weight excluding hydrogens is 177 g/mol. The molecule has 0 fully saturated rings. The maximum absolute atomic E-state index is 12.7. The molecule has 0 radical (unpaired) electrons. The number of nitrogens with two attached hydrogens (primary N) is 2. The van der Waals surface area contributed by atoms with Gasteiger partial charge in [-0.3, -0.25) is 5.53 Å². The van der Waals surface area contributed by atoms with Crippen LogP contribution >= 0.6 is 0 Å². The molecule has 2 aromatic rings. The van der Waals surface area contributed by atoms with E-state index in [1.807, 2.05) is 0 Å². The minimum Gasteiger partial charge on any atom is -0.382 e. The normalized spacial score (nSPS) is 10.6. The minimum absolute atomic E-state index is 0.0171. The van der Waals surface area contributed by atoms with Crippen molar-refractivity contribution in [3.8, 4) is 0 Å². The Kier molecular flexibility index (Phi) is 1.49. The average Bonchev–Trinajstić information content (AvgIpc) is 2.47. The molecule has 0 aliphatic carbocycles. The molecule has 0 aliphatic rings. The molecule has 8 heteroatoms. The van der Waals surface area contributed by atoms with Gasteiger partial charge >= 0.3 is 6.08 Å². The molecule has 0 amide bonds. The van der Waals surface area contributed by atoms with Crippen molar-refractivity contribution in [3.63, 3.8) is 0 Å². The van der Waals surface area contributed by atoms with E-state index in [1.165, 1.54) is 11.0 Å². The Morgan fingerprint density at radius 2 is 2.23 bits per heavy atom. The van der Waals surface area contributed by atoms with Gasteiger partial charge in [-0.15, -0.1) is 0 Å². The van der Waals surface area contributed by atoms with Gasteiger partial charge in [-0.1, -0.05) is 0 Å². The Labute approximate surface area is 71.5 Å². The summed E-state index contributed by atoms with van der Waals surface area (Å²) in [6, 6.07) is 0. The fourth-order valence-electron chi connectivity index (χ4n) is 0.989. The number of nitrogen functional groups attached to an aromatic ring is 2. The highest BCUT2D eigenvalue weighted by Crippen LogP contribution is 2.13. The average molecular weight is 183 g/mol. The molecule has 2 aromatic heterocycles. The molecule has 5 N–H and O–H groups in total. The highest BCUT2D eigenvalue weighted by Gasteiger charge is 2.09. The van der Waals surface area contributed by atoms with Gasteiger partial charge in [0.1, 0.15) is 6.33 Å². The molecule has 0 aromatic carbocycles. The van der Waals surface area contributed by atoms with E-state index < -0.39 is 6.08 Å². The lowest BCUT2D eigenvalue weighted by Gasteiger charge is -1.99. The molecule has 0 saturated heterocycles. The topological polar surface area (TPSA) is 108 Å². The monoisotopic (exact) mass is 183 g/mol. The van der Waals surface area contributed by atoms with Crippen molar-refractivity contribution in [1.29, 1.82) is 0 Å². The molecule has 2 heterocycles. The Balaban J connectivity index is 2.82. The number of fused-ring (bicyclic) bond motifs is 1. The van der Waals surface area contributed by atoms with Crippen molar-refractivity contribution < 1.29 is 4.39 Å². The van der Waals surface area contributed by atoms with Crippen molar-refractivity contribution in [2.75, 3.05) is 11.3 Å². The summed E-state index contributed by atoms with van der Waals surface area (Å²) >= 11 is 0. The Bertz CT molecular complexity index is 449. The summed E-state index contributed by atoms with van der Waals surface area (Å²) in [5, 5.41) is 0. The van der Waals surface area contributed by atoms with Gasteiger partial charge in [-0.2, -0.15) is 14.4 Å². The standard InChI is InChI=1S/C5H6FN7/c6-5-10-3(7)2-4(11-5)13(12-8)1-9-2/h1,12H,8H2,(H2,7,10,11). The van der Waals surface area contributed by atoms with Crippen LogP contribution in [0.5, 0.6) is 0 Å². The van der Waals surface area contributed by atoms with Crippen LogP contribution in [0.3, 0.4) is 0 Å². The zero-order valence-corrected chi connectivity index (χ0v) is 6.40. The molecule has 13 heavy (non-hydrogen) atoms. The zero-order chi connectivity index (χ0) is 9.42. The summed E-state index contributed by atoms with van der Waals surface area (Å²) in [4.78, 5) is 10.6. The molecule has 0 saturated carbocycles. The molecule has 0 atom stereocenters. The second-order valence-electron chi connectivity index (χ2n) is 2.29. The van der Waals surface area contributed by atoms with Crippen LogP contribution in [0, 0.1) is 6.08 Å². The summed E-state index contributed by atoms with van der Waals surface area (Å²) < 4.78 is 13.9. The predicted octanol–water partition coefficient (Wildman–Crippen LogP) is -1.04. The van der Waals surface area contributed by atoms with E-state index in [0.29, 0.717) is 5.52 Å². The van der Waals surface area contributed by atoms with E-state index in [9.17, 15) is 4.39 Å². The zero-order valence-electron chi connectivity index (χ0n) is 6.40. The molecule has 0 spiro atoms. The van der Waals surface area contributed by atoms with Gasteiger partial charge in [0.2, 0.25) is 0 Å². The van der Waals surface area contributed by atoms with E-state index in [1.54, 1.807) is 0 Å². The molecule has 2 rings (SSSR count). The third-order valence-electron chi connectivity index (χ3n) is 1.53. The number of aromatic nitrogens is 4. The number of nitrogens with zero attached hydrogens (tertiary/aromatic N) is 4. The number of hydrazine groups is 1. The second-order valence-corrected chi connectivity index (χ2v) is 2.29. The number of imidazole rings is 1. The predicted molar refractivity (Wildman–Crippen MR) is 43.2 cm³/mol. The first-order chi connectivity index (χ1) is 6.22. The lowest BCUT2D eigenvalue weighted by atomic mass is 10.5. The SMILES string of the molecule is NNn1cnc2c(N)nc(F)nc21. The number of anilines is 1. The van der Waals surface area contributed by atoms with E-state index in [2.05, 4.69) is 20.5 Å². The van der Waals surface area contributed by atoms with Crippen LogP contribution in [0.4, 0.5) is 10.2 Å². The Hall–Kier alpha value is -1.96. The maximum atomic E-state index is 12.7. The molecule has 0 unspecified atom stereocenters. The largest absolute Gasteiger partial charge is 0.382 e. The minimum atomic E-state index is -0.915. The van der Waals surface area contributed by atoms with Gasteiger partial charge in [-0.05, 0) is 0 Å². The van der Waals surface area contributed by atoms with Crippen molar-refractivity contribution in [1.82, 2.24) is 19.6 Å². The van der Waals surface area contributed by atoms with Crippen LogP contribution in [0.15, 0.2) is 6.33 Å². The fraction of sp³-hybridized carbons (Fsp3) is 0. The highest BCUT2D eigenvalue weighted by molar-refractivity contribution is 5.81. The van der Waals surface area contributed by atoms with Crippen LogP contribution in [-0.2, 0) is 0 Å². The molecule has 7 nitrogen and oxygen atoms in total. The summed E-state index contributed by atoms with van der Waals surface area (Å²) in [7, 11) is 0. The van der Waals surface area contributed by atoms with Crippen LogP contribution in [0.1, 0.15) is 0 Å². The second kappa shape index (κ2) is 2.52. The number of rotatable bonds is 1. The fourth-order valence-corrected chi connectivity index (χ4v) is 0.989. The first kappa shape index (κ1) is 7.68. The van der Waals surface area contributed by atoms with Crippen molar-refractivity contribution in [2.24, 2.45) is 5.84 Å². The summed E-state index contributed by atoms with van der Waals surface area (Å²) in [6.07, 6.45) is 0.414. The first-order valence-electron chi connectivity index (χ1n) is 3.35. The van der Waals surface area contributed by atoms with Crippen LogP contribution in [0.2, 0.25) is 0 Å². The smallest absolute Gasteiger partial charge is 0.312 e. The van der Waals surface area contributed by atoms with Crippen molar-refractivity contribution in [3.05, 3.63) is 12.4 Å². The Morgan fingerprint density at radius 3 is 2.92 bits per heavy atom. The third kappa shape index (κ3) is 1.04. The van der Waals surface area contributed by atoms with E-state index >= 15 is 0 Å². The third-order valence-corrected chi connectivity index (χ3v) is 1.53. The van der Waals surface area contributed by atoms with Crippen LogP contribution in [0.25, 0.3) is 11.2 Å². The number of hydrogen-bond acceptors (Lipinski definition) is 6. The first-order valence-corrected chi connectivity index (χ1v) is 3.35. The summed E-state index contributed by atoms with van der Waals surface area (Å²) in [5.41, 5.74) is 8.14. The van der Waals surface area contributed by atoms with Crippen LogP contribution in [-0.4, -0.2) is 19.6 Å².